The first-order chi connectivity index (χ1) is 11.2. The summed E-state index contributed by atoms with van der Waals surface area (Å²) in [4.78, 5) is 25.1. The fraction of sp³-hybridized carbons (Fsp3) is 0.800. The monoisotopic (exact) mass is 332 g/mol. The number of carboxylic acid groups (broad SMARTS) is 1. The number of aliphatic carboxylic acids is 1. The van der Waals surface area contributed by atoms with Crippen LogP contribution in [0.4, 0.5) is 0 Å². The molecule has 132 valence electrons. The van der Waals surface area contributed by atoms with Gasteiger partial charge in [-0.05, 0) is 68.3 Å². The second kappa shape index (κ2) is 4.72. The van der Waals surface area contributed by atoms with Crippen molar-refractivity contribution in [2.24, 2.45) is 34.0 Å². The maximum Gasteiger partial charge on any atom is 0.309 e. The van der Waals surface area contributed by atoms with Crippen LogP contribution < -0.4 is 0 Å². The van der Waals surface area contributed by atoms with Gasteiger partial charge >= 0.3 is 5.97 Å². The van der Waals surface area contributed by atoms with E-state index in [1.807, 2.05) is 6.92 Å². The van der Waals surface area contributed by atoms with Crippen LogP contribution in [0, 0.1) is 34.0 Å². The Morgan fingerprint density at radius 1 is 1.25 bits per heavy atom. The minimum atomic E-state index is -0.746. The fourth-order valence-corrected chi connectivity index (χ4v) is 7.48. The lowest BCUT2D eigenvalue weighted by Gasteiger charge is -2.63. The summed E-state index contributed by atoms with van der Waals surface area (Å²) >= 11 is 0. The number of hydrogen-bond donors (Lipinski definition) is 2. The van der Waals surface area contributed by atoms with Crippen LogP contribution in [0.3, 0.4) is 0 Å². The van der Waals surface area contributed by atoms with E-state index in [0.717, 1.165) is 25.7 Å². The normalized spacial score (nSPS) is 53.5. The Kier molecular flexibility index (Phi) is 3.21. The average Bonchev–Trinajstić information content (AvgIpc) is 2.68. The summed E-state index contributed by atoms with van der Waals surface area (Å²) in [7, 11) is 0. The number of ketones is 1. The van der Waals surface area contributed by atoms with Crippen molar-refractivity contribution in [2.75, 3.05) is 0 Å². The molecule has 4 aliphatic rings. The first-order valence-electron chi connectivity index (χ1n) is 9.32. The van der Waals surface area contributed by atoms with E-state index < -0.39 is 22.9 Å². The van der Waals surface area contributed by atoms with Crippen LogP contribution in [0.15, 0.2) is 12.2 Å². The molecule has 0 heterocycles. The van der Waals surface area contributed by atoms with Crippen molar-refractivity contribution in [2.45, 2.75) is 64.9 Å². The fourth-order valence-electron chi connectivity index (χ4n) is 7.48. The minimum absolute atomic E-state index is 0.0275. The standard InChI is InChI=1S/C20H28O4/c1-11-12-9-13(21)15-18(2)6-4-7-19(3,17(23)24)14(18)5-8-20(15,10-12)16(11)22/h12-15,21H,1,4-10H2,2-3H3,(H,23,24)/t12-,13-,14+,15+,18-,19+,20-/m1/s1. The predicted molar refractivity (Wildman–Crippen MR) is 89.2 cm³/mol. The van der Waals surface area contributed by atoms with Gasteiger partial charge < -0.3 is 10.2 Å². The third-order valence-electron chi connectivity index (χ3n) is 8.41. The average molecular weight is 332 g/mol. The number of Topliss-reactive ketones (excluding diaryl/α,β-unsaturated/α-hetero) is 1. The number of aliphatic hydroxyl groups is 1. The molecule has 0 aromatic heterocycles. The topological polar surface area (TPSA) is 74.6 Å². The lowest BCUT2D eigenvalue weighted by atomic mass is 9.40. The van der Waals surface area contributed by atoms with Crippen molar-refractivity contribution in [1.29, 1.82) is 0 Å². The zero-order valence-electron chi connectivity index (χ0n) is 14.7. The number of hydrogen-bond acceptors (Lipinski definition) is 3. The summed E-state index contributed by atoms with van der Waals surface area (Å²) in [5.74, 6) is -0.528. The number of allylic oxidation sites excluding steroid dienone is 1. The van der Waals surface area contributed by atoms with Gasteiger partial charge in [0.15, 0.2) is 5.78 Å². The van der Waals surface area contributed by atoms with E-state index in [4.69, 9.17) is 0 Å². The van der Waals surface area contributed by atoms with Gasteiger partial charge in [0.1, 0.15) is 0 Å². The molecule has 4 rings (SSSR count). The van der Waals surface area contributed by atoms with Crippen LogP contribution in [0.1, 0.15) is 58.8 Å². The Morgan fingerprint density at radius 3 is 2.62 bits per heavy atom. The molecule has 0 amide bonds. The van der Waals surface area contributed by atoms with Crippen LogP contribution >= 0.6 is 0 Å². The lowest BCUT2D eigenvalue weighted by molar-refractivity contribution is -0.199. The smallest absolute Gasteiger partial charge is 0.309 e. The van der Waals surface area contributed by atoms with Crippen LogP contribution in [0.2, 0.25) is 0 Å². The molecule has 7 atom stereocenters. The summed E-state index contributed by atoms with van der Waals surface area (Å²) in [6, 6.07) is 0. The van der Waals surface area contributed by atoms with E-state index in [1.165, 1.54) is 0 Å². The van der Waals surface area contributed by atoms with E-state index in [1.54, 1.807) is 0 Å². The molecule has 0 saturated heterocycles. The highest BCUT2D eigenvalue weighted by Crippen LogP contribution is 2.71. The molecule has 0 radical (unpaired) electrons. The summed E-state index contributed by atoms with van der Waals surface area (Å²) in [5.41, 5.74) is -0.810. The third-order valence-corrected chi connectivity index (χ3v) is 8.41. The Balaban J connectivity index is 1.83. The molecule has 0 aromatic carbocycles. The van der Waals surface area contributed by atoms with Gasteiger partial charge in [0.05, 0.1) is 11.5 Å². The Labute approximate surface area is 143 Å². The van der Waals surface area contributed by atoms with Crippen molar-refractivity contribution in [3.05, 3.63) is 12.2 Å². The highest BCUT2D eigenvalue weighted by molar-refractivity contribution is 6.03. The second-order valence-corrected chi connectivity index (χ2v) is 9.37. The van der Waals surface area contributed by atoms with Gasteiger partial charge in [-0.2, -0.15) is 0 Å². The van der Waals surface area contributed by atoms with Crippen LogP contribution in [0.5, 0.6) is 0 Å². The molecule has 4 heteroatoms. The minimum Gasteiger partial charge on any atom is -0.481 e. The van der Waals surface area contributed by atoms with E-state index >= 15 is 0 Å². The number of fused-ring (bicyclic) bond motifs is 3. The SMILES string of the molecule is C=C1C(=O)[C@@]23CC[C@H]4[C@@](C)(CCC[C@]4(C)C(=O)O)[C@@H]2[C@H](O)C[C@@H]1C3. The molecular weight excluding hydrogens is 304 g/mol. The van der Waals surface area contributed by atoms with Gasteiger partial charge in [-0.3, -0.25) is 9.59 Å². The maximum atomic E-state index is 13.1. The van der Waals surface area contributed by atoms with E-state index in [9.17, 15) is 19.8 Å². The molecule has 4 aliphatic carbocycles. The molecule has 1 spiro atoms. The van der Waals surface area contributed by atoms with E-state index in [0.29, 0.717) is 24.8 Å². The molecular formula is C20H28O4. The summed E-state index contributed by atoms with van der Waals surface area (Å²) < 4.78 is 0. The molecule has 4 nitrogen and oxygen atoms in total. The zero-order chi connectivity index (χ0) is 17.5. The first kappa shape index (κ1) is 16.3. The van der Waals surface area contributed by atoms with Gasteiger partial charge in [-0.1, -0.05) is 19.9 Å². The Bertz CT molecular complexity index is 640. The van der Waals surface area contributed by atoms with Crippen molar-refractivity contribution in [1.82, 2.24) is 0 Å². The van der Waals surface area contributed by atoms with Gasteiger partial charge in [0, 0.05) is 11.3 Å². The molecule has 0 unspecified atom stereocenters. The largest absolute Gasteiger partial charge is 0.481 e. The van der Waals surface area contributed by atoms with Crippen molar-refractivity contribution < 1.29 is 19.8 Å². The molecule has 4 saturated carbocycles. The molecule has 2 N–H and O–H groups in total. The molecule has 0 aliphatic heterocycles. The third kappa shape index (κ3) is 1.68. The number of carbonyl (C=O) groups excluding carboxylic acids is 1. The number of carbonyl (C=O) groups is 2. The Morgan fingerprint density at radius 2 is 1.96 bits per heavy atom. The van der Waals surface area contributed by atoms with E-state index in [-0.39, 0.29) is 29.0 Å². The van der Waals surface area contributed by atoms with Crippen LogP contribution in [0.25, 0.3) is 0 Å². The number of rotatable bonds is 1. The molecule has 0 aromatic rings. The lowest BCUT2D eigenvalue weighted by Crippen LogP contribution is -2.62. The van der Waals surface area contributed by atoms with Crippen LogP contribution in [-0.2, 0) is 9.59 Å². The number of carboxylic acids is 1. The summed E-state index contributed by atoms with van der Waals surface area (Å²) in [6.45, 7) is 8.06. The van der Waals surface area contributed by atoms with Crippen molar-refractivity contribution >= 4 is 11.8 Å². The summed E-state index contributed by atoms with van der Waals surface area (Å²) in [5, 5.41) is 20.9. The van der Waals surface area contributed by atoms with E-state index in [2.05, 4.69) is 13.5 Å². The predicted octanol–water partition coefficient (Wildman–Crippen LogP) is 3.19. The Hall–Kier alpha value is -1.16. The van der Waals surface area contributed by atoms with Crippen LogP contribution in [-0.4, -0.2) is 28.1 Å². The molecule has 24 heavy (non-hydrogen) atoms. The first-order valence-corrected chi connectivity index (χ1v) is 9.32. The van der Waals surface area contributed by atoms with Gasteiger partial charge in [-0.25, -0.2) is 0 Å². The van der Waals surface area contributed by atoms with Gasteiger partial charge in [-0.15, -0.1) is 0 Å². The summed E-state index contributed by atoms with van der Waals surface area (Å²) in [6.07, 6.45) is 4.86. The maximum absolute atomic E-state index is 13.1. The quantitative estimate of drug-likeness (QED) is 0.723. The van der Waals surface area contributed by atoms with Crippen molar-refractivity contribution in [3.63, 3.8) is 0 Å². The highest BCUT2D eigenvalue weighted by atomic mass is 16.4. The molecule has 4 fully saturated rings. The zero-order valence-corrected chi connectivity index (χ0v) is 14.7. The van der Waals surface area contributed by atoms with Gasteiger partial charge in [0.2, 0.25) is 0 Å². The highest BCUT2D eigenvalue weighted by Gasteiger charge is 2.70. The van der Waals surface area contributed by atoms with Crippen molar-refractivity contribution in [3.8, 4) is 0 Å². The second-order valence-electron chi connectivity index (χ2n) is 9.37. The number of aliphatic hydroxyl groups excluding tert-OH is 1. The molecule has 2 bridgehead atoms. The van der Waals surface area contributed by atoms with Gasteiger partial charge in [0.25, 0.3) is 0 Å².